The quantitative estimate of drug-likeness (QED) is 0.935. The molecule has 0 radical (unpaired) electrons. The fourth-order valence-electron chi connectivity index (χ4n) is 2.60. The molecular formula is C15H17N5O. The van der Waals surface area contributed by atoms with Crippen molar-refractivity contribution in [3.05, 3.63) is 24.3 Å². The Morgan fingerprint density at radius 2 is 2.10 bits per heavy atom. The molecule has 0 atom stereocenters. The first-order valence-corrected chi connectivity index (χ1v) is 7.50. The van der Waals surface area contributed by atoms with E-state index in [1.807, 2.05) is 28.9 Å². The zero-order chi connectivity index (χ0) is 14.2. The first-order chi connectivity index (χ1) is 10.3. The highest BCUT2D eigenvalue weighted by atomic mass is 16.1. The van der Waals surface area contributed by atoms with Gasteiger partial charge in [-0.05, 0) is 48.2 Å². The van der Waals surface area contributed by atoms with Crippen molar-refractivity contribution < 1.29 is 4.79 Å². The highest BCUT2D eigenvalue weighted by molar-refractivity contribution is 5.93. The van der Waals surface area contributed by atoms with Crippen LogP contribution in [0.1, 0.15) is 38.1 Å². The Kier molecular flexibility index (Phi) is 2.94. The Labute approximate surface area is 122 Å². The van der Waals surface area contributed by atoms with E-state index >= 15 is 0 Å². The molecule has 2 fully saturated rings. The minimum absolute atomic E-state index is 0.125. The minimum Gasteiger partial charge on any atom is -0.326 e. The molecule has 2 aliphatic rings. The van der Waals surface area contributed by atoms with Crippen molar-refractivity contribution in [2.24, 2.45) is 5.92 Å². The van der Waals surface area contributed by atoms with Crippen molar-refractivity contribution in [2.45, 2.75) is 38.1 Å². The highest BCUT2D eigenvalue weighted by Crippen LogP contribution is 2.37. The lowest BCUT2D eigenvalue weighted by Gasteiger charge is -2.24. The number of aromatic nitrogens is 4. The van der Waals surface area contributed by atoms with E-state index in [1.54, 1.807) is 0 Å². The van der Waals surface area contributed by atoms with Gasteiger partial charge in [-0.3, -0.25) is 4.79 Å². The molecule has 6 nitrogen and oxygen atoms in total. The molecular weight excluding hydrogens is 266 g/mol. The summed E-state index contributed by atoms with van der Waals surface area (Å²) < 4.78 is 1.88. The average molecular weight is 283 g/mol. The summed E-state index contributed by atoms with van der Waals surface area (Å²) in [5.41, 5.74) is 1.76. The van der Waals surface area contributed by atoms with Gasteiger partial charge >= 0.3 is 0 Å². The molecule has 2 aromatic rings. The smallest absolute Gasteiger partial charge is 0.227 e. The van der Waals surface area contributed by atoms with E-state index in [-0.39, 0.29) is 11.8 Å². The number of tetrazole rings is 1. The predicted octanol–water partition coefficient (Wildman–Crippen LogP) is 2.41. The Balaban J connectivity index is 1.57. The van der Waals surface area contributed by atoms with Gasteiger partial charge < -0.3 is 5.32 Å². The number of amides is 1. The Morgan fingerprint density at radius 3 is 2.81 bits per heavy atom. The van der Waals surface area contributed by atoms with Crippen LogP contribution < -0.4 is 5.32 Å². The summed E-state index contributed by atoms with van der Waals surface area (Å²) in [4.78, 5) is 12.0. The number of carbonyl (C=O) groups is 1. The SMILES string of the molecule is O=C(Nc1cccc(-c2nnnn2C2CC2)c1)C1CCC1. The van der Waals surface area contributed by atoms with Crippen LogP contribution >= 0.6 is 0 Å². The molecule has 0 saturated heterocycles. The maximum absolute atomic E-state index is 12.0. The number of carbonyl (C=O) groups excluding carboxylic acids is 1. The van der Waals surface area contributed by atoms with Gasteiger partial charge in [0.1, 0.15) is 0 Å². The van der Waals surface area contributed by atoms with E-state index < -0.39 is 0 Å². The Morgan fingerprint density at radius 1 is 1.24 bits per heavy atom. The molecule has 1 aromatic carbocycles. The van der Waals surface area contributed by atoms with Crippen LogP contribution in [0.15, 0.2) is 24.3 Å². The van der Waals surface area contributed by atoms with Gasteiger partial charge in [0.05, 0.1) is 6.04 Å². The van der Waals surface area contributed by atoms with Crippen molar-refractivity contribution in [3.63, 3.8) is 0 Å². The minimum atomic E-state index is 0.125. The van der Waals surface area contributed by atoms with Gasteiger partial charge in [0, 0.05) is 17.2 Å². The number of benzene rings is 1. The standard InChI is InChI=1S/C15H17N5O/c21-15(10-3-1-4-10)16-12-6-2-5-11(9-12)14-17-18-19-20(14)13-7-8-13/h2,5-6,9-10,13H,1,3-4,7-8H2,(H,16,21). The van der Waals surface area contributed by atoms with Gasteiger partial charge in [-0.15, -0.1) is 5.10 Å². The summed E-state index contributed by atoms with van der Waals surface area (Å²) in [6.45, 7) is 0. The molecule has 1 amide bonds. The summed E-state index contributed by atoms with van der Waals surface area (Å²) in [5.74, 6) is 1.09. The molecule has 0 bridgehead atoms. The molecule has 0 unspecified atom stereocenters. The first-order valence-electron chi connectivity index (χ1n) is 7.50. The number of hydrogen-bond acceptors (Lipinski definition) is 4. The number of rotatable bonds is 4. The molecule has 1 N–H and O–H groups in total. The monoisotopic (exact) mass is 283 g/mol. The lowest BCUT2D eigenvalue weighted by Crippen LogP contribution is -2.28. The van der Waals surface area contributed by atoms with E-state index in [4.69, 9.17) is 0 Å². The van der Waals surface area contributed by atoms with E-state index in [9.17, 15) is 4.79 Å². The molecule has 1 heterocycles. The van der Waals surface area contributed by atoms with Crippen LogP contribution in [-0.2, 0) is 4.79 Å². The fourth-order valence-corrected chi connectivity index (χ4v) is 2.60. The largest absolute Gasteiger partial charge is 0.326 e. The van der Waals surface area contributed by atoms with Crippen LogP contribution in [0.2, 0.25) is 0 Å². The fraction of sp³-hybridized carbons (Fsp3) is 0.467. The van der Waals surface area contributed by atoms with Crippen molar-refractivity contribution in [2.75, 3.05) is 5.32 Å². The topological polar surface area (TPSA) is 72.7 Å². The van der Waals surface area contributed by atoms with Crippen LogP contribution in [0.4, 0.5) is 5.69 Å². The Hall–Kier alpha value is -2.24. The molecule has 4 rings (SSSR count). The maximum Gasteiger partial charge on any atom is 0.227 e. The van der Waals surface area contributed by atoms with Crippen molar-refractivity contribution in [1.29, 1.82) is 0 Å². The zero-order valence-corrected chi connectivity index (χ0v) is 11.7. The lowest BCUT2D eigenvalue weighted by atomic mass is 9.85. The van der Waals surface area contributed by atoms with Crippen molar-refractivity contribution in [3.8, 4) is 11.4 Å². The molecule has 0 spiro atoms. The second-order valence-corrected chi connectivity index (χ2v) is 5.88. The van der Waals surface area contributed by atoms with Crippen molar-refractivity contribution >= 4 is 11.6 Å². The summed E-state index contributed by atoms with van der Waals surface area (Å²) >= 11 is 0. The predicted molar refractivity (Wildman–Crippen MR) is 77.5 cm³/mol. The number of anilines is 1. The molecule has 108 valence electrons. The number of hydrogen-bond donors (Lipinski definition) is 1. The molecule has 1 aromatic heterocycles. The summed E-state index contributed by atoms with van der Waals surface area (Å²) in [7, 11) is 0. The van der Waals surface area contributed by atoms with Gasteiger partial charge in [-0.25, -0.2) is 4.68 Å². The zero-order valence-electron chi connectivity index (χ0n) is 11.7. The molecule has 2 aliphatic carbocycles. The summed E-state index contributed by atoms with van der Waals surface area (Å²) in [6.07, 6.45) is 5.44. The van der Waals surface area contributed by atoms with Gasteiger partial charge in [-0.1, -0.05) is 18.6 Å². The third-order valence-corrected chi connectivity index (χ3v) is 4.25. The van der Waals surface area contributed by atoms with Crippen LogP contribution in [0.5, 0.6) is 0 Å². The second-order valence-electron chi connectivity index (χ2n) is 5.88. The molecule has 21 heavy (non-hydrogen) atoms. The van der Waals surface area contributed by atoms with E-state index in [0.29, 0.717) is 6.04 Å². The Bertz CT molecular complexity index is 672. The van der Waals surface area contributed by atoms with Crippen molar-refractivity contribution in [1.82, 2.24) is 20.2 Å². The van der Waals surface area contributed by atoms with E-state index in [1.165, 1.54) is 0 Å². The van der Waals surface area contributed by atoms with Gasteiger partial charge in [-0.2, -0.15) is 0 Å². The van der Waals surface area contributed by atoms with Crippen LogP contribution in [-0.4, -0.2) is 26.1 Å². The highest BCUT2D eigenvalue weighted by Gasteiger charge is 2.28. The molecule has 0 aliphatic heterocycles. The average Bonchev–Trinajstić information content (AvgIpc) is 3.14. The van der Waals surface area contributed by atoms with Gasteiger partial charge in [0.15, 0.2) is 5.82 Å². The number of nitrogens with one attached hydrogen (secondary N) is 1. The third-order valence-electron chi connectivity index (χ3n) is 4.25. The van der Waals surface area contributed by atoms with Crippen LogP contribution in [0.25, 0.3) is 11.4 Å². The second kappa shape index (κ2) is 4.95. The van der Waals surface area contributed by atoms with E-state index in [0.717, 1.165) is 49.2 Å². The van der Waals surface area contributed by atoms with Gasteiger partial charge in [0.25, 0.3) is 0 Å². The first kappa shape index (κ1) is 12.5. The van der Waals surface area contributed by atoms with E-state index in [2.05, 4.69) is 20.8 Å². The third kappa shape index (κ3) is 2.41. The maximum atomic E-state index is 12.0. The molecule has 2 saturated carbocycles. The van der Waals surface area contributed by atoms with Crippen LogP contribution in [0.3, 0.4) is 0 Å². The van der Waals surface area contributed by atoms with Gasteiger partial charge in [0.2, 0.25) is 5.91 Å². The molecule has 6 heteroatoms. The summed E-state index contributed by atoms with van der Waals surface area (Å²) in [6, 6.07) is 8.19. The number of nitrogens with zero attached hydrogens (tertiary/aromatic N) is 4. The normalized spacial score (nSPS) is 18.3. The van der Waals surface area contributed by atoms with Crippen LogP contribution in [0, 0.1) is 5.92 Å². The summed E-state index contributed by atoms with van der Waals surface area (Å²) in [5, 5.41) is 15.0. The lowest BCUT2D eigenvalue weighted by molar-refractivity contribution is -0.122.